The van der Waals surface area contributed by atoms with Gasteiger partial charge in [0, 0.05) is 57.8 Å². The lowest BCUT2D eigenvalue weighted by Crippen LogP contribution is -2.33. The highest BCUT2D eigenvalue weighted by molar-refractivity contribution is 6.03. The molecular formula is C44H51F3N6O7. The molecule has 4 amide bonds. The third kappa shape index (κ3) is 14.6. The van der Waals surface area contributed by atoms with Crippen LogP contribution in [0.5, 0.6) is 0 Å². The number of Topliss-reactive ketones (excluding diaryl/α,β-unsaturated/α-hetero) is 2. The van der Waals surface area contributed by atoms with Crippen LogP contribution >= 0.6 is 0 Å². The van der Waals surface area contributed by atoms with E-state index in [4.69, 9.17) is 10.2 Å². The zero-order valence-electron chi connectivity index (χ0n) is 33.9. The van der Waals surface area contributed by atoms with E-state index in [1.807, 2.05) is 50.4 Å². The Morgan fingerprint density at radius 2 is 0.967 bits per heavy atom. The molecule has 6 N–H and O–H groups in total. The summed E-state index contributed by atoms with van der Waals surface area (Å²) < 4.78 is 39.4. The topological polar surface area (TPSA) is 180 Å². The minimum absolute atomic E-state index is 0.0276. The molecule has 2 aliphatic heterocycles. The van der Waals surface area contributed by atoms with Gasteiger partial charge in [0.25, 0.3) is 0 Å². The number of anilines is 4. The molecule has 6 rings (SSSR count). The third-order valence-corrected chi connectivity index (χ3v) is 9.90. The van der Waals surface area contributed by atoms with Crippen molar-refractivity contribution in [3.63, 3.8) is 0 Å². The van der Waals surface area contributed by atoms with E-state index in [9.17, 15) is 37.1 Å². The van der Waals surface area contributed by atoms with Crippen LogP contribution in [0, 0.1) is 36.2 Å². The second kappa shape index (κ2) is 22.3. The average molecular weight is 833 g/mol. The molecule has 2 aliphatic rings. The van der Waals surface area contributed by atoms with E-state index in [0.29, 0.717) is 34.6 Å². The van der Waals surface area contributed by atoms with Crippen molar-refractivity contribution in [1.82, 2.24) is 9.80 Å². The van der Waals surface area contributed by atoms with Crippen LogP contribution in [0.1, 0.15) is 58.9 Å². The van der Waals surface area contributed by atoms with E-state index in [1.165, 1.54) is 6.92 Å². The number of aliphatic hydroxyl groups is 1. The first-order valence-corrected chi connectivity index (χ1v) is 19.4. The Labute approximate surface area is 347 Å². The van der Waals surface area contributed by atoms with Gasteiger partial charge in [-0.25, -0.2) is 27.6 Å². The number of halogens is 3. The maximum atomic E-state index is 13.2. The Morgan fingerprint density at radius 3 is 1.35 bits per heavy atom. The molecule has 320 valence electrons. The summed E-state index contributed by atoms with van der Waals surface area (Å²) in [5, 5.41) is 26.1. The largest absolute Gasteiger partial charge is 0.479 e. The number of urea groups is 2. The Morgan fingerprint density at radius 1 is 0.600 bits per heavy atom. The number of nitrogens with zero attached hydrogens (tertiary/aromatic N) is 2. The lowest BCUT2D eigenvalue weighted by Gasteiger charge is -2.28. The van der Waals surface area contributed by atoms with E-state index in [-0.39, 0.29) is 35.1 Å². The summed E-state index contributed by atoms with van der Waals surface area (Å²) in [5.74, 6) is -5.38. The lowest BCUT2D eigenvalue weighted by molar-refractivity contribution is -0.145. The third-order valence-electron chi connectivity index (χ3n) is 9.90. The highest BCUT2D eigenvalue weighted by Gasteiger charge is 2.26. The number of aliphatic carboxylic acids is 1. The summed E-state index contributed by atoms with van der Waals surface area (Å²) in [7, 11) is 4.10. The molecule has 2 fully saturated rings. The molecule has 2 saturated heterocycles. The second-order valence-corrected chi connectivity index (χ2v) is 14.8. The predicted octanol–water partition coefficient (Wildman–Crippen LogP) is 7.89. The number of rotatable bonds is 9. The van der Waals surface area contributed by atoms with Crippen LogP contribution in [0.2, 0.25) is 0 Å². The highest BCUT2D eigenvalue weighted by atomic mass is 19.2. The fourth-order valence-corrected chi connectivity index (χ4v) is 6.36. The molecular weight excluding hydrogens is 782 g/mol. The first kappa shape index (κ1) is 46.6. The van der Waals surface area contributed by atoms with Gasteiger partial charge in [-0.1, -0.05) is 42.0 Å². The van der Waals surface area contributed by atoms with Gasteiger partial charge in [-0.15, -0.1) is 0 Å². The fraction of sp³-hybridized carbons (Fsp3) is 0.341. The maximum absolute atomic E-state index is 13.2. The van der Waals surface area contributed by atoms with Crippen LogP contribution in [-0.4, -0.2) is 96.0 Å². The number of likely N-dealkylation sites (tertiary alicyclic amines) is 2. The van der Waals surface area contributed by atoms with Crippen LogP contribution in [0.15, 0.2) is 84.9 Å². The van der Waals surface area contributed by atoms with Crippen molar-refractivity contribution in [2.75, 3.05) is 61.5 Å². The van der Waals surface area contributed by atoms with Gasteiger partial charge in [-0.2, -0.15) is 0 Å². The summed E-state index contributed by atoms with van der Waals surface area (Å²) in [4.78, 5) is 63.5. The fourth-order valence-electron chi connectivity index (χ4n) is 6.36. The number of nitrogens with one attached hydrogen (secondary N) is 4. The van der Waals surface area contributed by atoms with Gasteiger partial charge in [0.05, 0.1) is 0 Å². The highest BCUT2D eigenvalue weighted by Crippen LogP contribution is 2.25. The molecule has 4 aromatic carbocycles. The van der Waals surface area contributed by atoms with Crippen molar-refractivity contribution in [2.45, 2.75) is 45.6 Å². The van der Waals surface area contributed by atoms with E-state index in [1.54, 1.807) is 36.4 Å². The number of benzene rings is 4. The van der Waals surface area contributed by atoms with Crippen LogP contribution in [-0.2, 0) is 4.79 Å². The normalized spacial score (nSPS) is 15.2. The molecule has 0 saturated carbocycles. The van der Waals surface area contributed by atoms with Gasteiger partial charge in [0.15, 0.2) is 29.0 Å². The van der Waals surface area contributed by atoms with Crippen LogP contribution in [0.25, 0.3) is 0 Å². The van der Waals surface area contributed by atoms with Gasteiger partial charge in [-0.3, -0.25) is 9.59 Å². The van der Waals surface area contributed by atoms with Gasteiger partial charge >= 0.3 is 18.0 Å². The number of hydrogen-bond acceptors (Lipinski definition) is 8. The minimum atomic E-state index is -1.61. The van der Waals surface area contributed by atoms with Gasteiger partial charge in [0.1, 0.15) is 6.10 Å². The first-order chi connectivity index (χ1) is 28.5. The van der Waals surface area contributed by atoms with Crippen LogP contribution in [0.3, 0.4) is 0 Å². The molecule has 16 heteroatoms. The standard InChI is InChI=1S/C21H25N3O2.C20H20F3N3O2.C3H6O3/c1-15-6-8-18(9-7-15)22-21(26)23-19-5-3-4-17(14-19)20(25)16-10-12-24(2)13-11-16;1-26-7-5-12(6-8-26)19(27)13-3-2-4-14(9-13)24-20(28)25-15-10-16(21)18(23)17(22)11-15;1-2(4)3(5)6/h3-9,14,16H,10-13H2,1-2H3,(H2,22,23,26);2-4,9-12H,5-8H2,1H3,(H2,24,25,28);2,4H,1H3,(H,5,6). The van der Waals surface area contributed by atoms with E-state index < -0.39 is 35.6 Å². The molecule has 60 heavy (non-hydrogen) atoms. The van der Waals surface area contributed by atoms with Gasteiger partial charge < -0.3 is 41.3 Å². The number of carbonyl (C=O) groups is 5. The molecule has 0 aromatic heterocycles. The maximum Gasteiger partial charge on any atom is 0.332 e. The molecule has 1 atom stereocenters. The van der Waals surface area contributed by atoms with E-state index in [2.05, 4.69) is 38.1 Å². The number of aliphatic hydroxyl groups excluding tert-OH is 1. The number of ketones is 2. The lowest BCUT2D eigenvalue weighted by atomic mass is 9.89. The molecule has 13 nitrogen and oxygen atoms in total. The van der Waals surface area contributed by atoms with Crippen LogP contribution < -0.4 is 21.3 Å². The monoisotopic (exact) mass is 832 g/mol. The van der Waals surface area contributed by atoms with Crippen molar-refractivity contribution in [3.05, 3.63) is 119 Å². The van der Waals surface area contributed by atoms with Gasteiger partial charge in [0.2, 0.25) is 0 Å². The van der Waals surface area contributed by atoms with Crippen LogP contribution in [0.4, 0.5) is 45.5 Å². The molecule has 0 aliphatic carbocycles. The Hall–Kier alpha value is -6.10. The van der Waals surface area contributed by atoms with Gasteiger partial charge in [-0.05, 0) is 116 Å². The number of hydrogen-bond donors (Lipinski definition) is 6. The summed E-state index contributed by atoms with van der Waals surface area (Å²) >= 11 is 0. The first-order valence-electron chi connectivity index (χ1n) is 19.4. The summed E-state index contributed by atoms with van der Waals surface area (Å²) in [6, 6.07) is 21.5. The van der Waals surface area contributed by atoms with E-state index in [0.717, 1.165) is 63.1 Å². The Balaban J connectivity index is 0.000000234. The predicted molar refractivity (Wildman–Crippen MR) is 224 cm³/mol. The SMILES string of the molecule is CC(O)C(=O)O.CN1CCC(C(=O)c2cccc(NC(=O)Nc3cc(F)c(F)c(F)c3)c2)CC1.Cc1ccc(NC(=O)Nc2cccc(C(=O)C3CCN(C)CC3)c2)cc1. The average Bonchev–Trinajstić information content (AvgIpc) is 3.21. The van der Waals surface area contributed by atoms with Crippen molar-refractivity contribution < 1.29 is 47.4 Å². The summed E-state index contributed by atoms with van der Waals surface area (Å²) in [6.07, 6.45) is 2.12. The molecule has 0 bridgehead atoms. The molecule has 2 heterocycles. The van der Waals surface area contributed by atoms with E-state index >= 15 is 0 Å². The zero-order chi connectivity index (χ0) is 43.9. The number of carboxylic acids is 1. The zero-order valence-corrected chi connectivity index (χ0v) is 33.9. The Bertz CT molecular complexity index is 2100. The summed E-state index contributed by atoms with van der Waals surface area (Å²) in [5.41, 5.74) is 3.77. The number of carboxylic acid groups (broad SMARTS) is 1. The number of carbonyl (C=O) groups excluding carboxylic acids is 4. The Kier molecular flexibility index (Phi) is 17.3. The molecule has 1 unspecified atom stereocenters. The smallest absolute Gasteiger partial charge is 0.332 e. The number of amides is 4. The number of piperidine rings is 2. The molecule has 4 aromatic rings. The van der Waals surface area contributed by atoms with Crippen molar-refractivity contribution in [2.24, 2.45) is 11.8 Å². The van der Waals surface area contributed by atoms with Crippen molar-refractivity contribution in [3.8, 4) is 0 Å². The second-order valence-electron chi connectivity index (χ2n) is 14.8. The van der Waals surface area contributed by atoms with Crippen molar-refractivity contribution in [1.29, 1.82) is 0 Å². The minimum Gasteiger partial charge on any atom is -0.479 e. The molecule has 0 radical (unpaired) electrons. The number of aryl methyl sites for hydroxylation is 1. The van der Waals surface area contributed by atoms with Crippen molar-refractivity contribution >= 4 is 52.3 Å². The summed E-state index contributed by atoms with van der Waals surface area (Å²) in [6.45, 7) is 6.82. The molecule has 0 spiro atoms. The quantitative estimate of drug-likeness (QED) is 0.0723.